The number of likely N-dealkylation sites (tertiary alicyclic amines) is 1. The van der Waals surface area contributed by atoms with Gasteiger partial charge in [-0.15, -0.1) is 0 Å². The van der Waals surface area contributed by atoms with Gasteiger partial charge >= 0.3 is 12.1 Å². The molecule has 1 atom stereocenters. The molecule has 0 bridgehead atoms. The molecule has 116 valence electrons. The number of carbonyl (C=O) groups excluding carboxylic acids is 2. The Hall–Kier alpha value is -1.26. The SMILES string of the molecule is CCCC1(C(=O)OCC)CCN(C(=O)OC(C)(C)C)C1. The lowest BCUT2D eigenvalue weighted by Gasteiger charge is -2.28. The van der Waals surface area contributed by atoms with Crippen molar-refractivity contribution in [1.82, 2.24) is 4.90 Å². The van der Waals surface area contributed by atoms with Gasteiger partial charge in [0, 0.05) is 13.1 Å². The Balaban J connectivity index is 2.74. The summed E-state index contributed by atoms with van der Waals surface area (Å²) in [6, 6.07) is 0. The highest BCUT2D eigenvalue weighted by Crippen LogP contribution is 2.37. The standard InChI is InChI=1S/C15H27NO4/c1-6-8-15(12(17)19-7-2)9-10-16(11-15)13(18)20-14(3,4)5/h6-11H2,1-5H3. The molecule has 1 aliphatic heterocycles. The van der Waals surface area contributed by atoms with Crippen molar-refractivity contribution in [3.8, 4) is 0 Å². The van der Waals surface area contributed by atoms with E-state index < -0.39 is 11.0 Å². The van der Waals surface area contributed by atoms with Crippen molar-refractivity contribution in [2.24, 2.45) is 5.41 Å². The topological polar surface area (TPSA) is 55.8 Å². The van der Waals surface area contributed by atoms with E-state index in [1.165, 1.54) is 0 Å². The highest BCUT2D eigenvalue weighted by Gasteiger charge is 2.47. The fraction of sp³-hybridized carbons (Fsp3) is 0.867. The van der Waals surface area contributed by atoms with E-state index in [0.29, 0.717) is 26.1 Å². The van der Waals surface area contributed by atoms with Gasteiger partial charge in [-0.05, 0) is 40.5 Å². The third kappa shape index (κ3) is 4.12. The fourth-order valence-electron chi connectivity index (χ4n) is 2.59. The van der Waals surface area contributed by atoms with Crippen LogP contribution in [-0.2, 0) is 14.3 Å². The maximum atomic E-state index is 12.2. The maximum Gasteiger partial charge on any atom is 0.410 e. The van der Waals surface area contributed by atoms with Gasteiger partial charge in [0.05, 0.1) is 12.0 Å². The van der Waals surface area contributed by atoms with Crippen LogP contribution in [0.3, 0.4) is 0 Å². The summed E-state index contributed by atoms with van der Waals surface area (Å²) in [5, 5.41) is 0. The van der Waals surface area contributed by atoms with Gasteiger partial charge in [-0.2, -0.15) is 0 Å². The van der Waals surface area contributed by atoms with Gasteiger partial charge in [0.25, 0.3) is 0 Å². The van der Waals surface area contributed by atoms with Crippen LogP contribution < -0.4 is 0 Å². The number of esters is 1. The summed E-state index contributed by atoms with van der Waals surface area (Å²) in [6.45, 7) is 10.7. The van der Waals surface area contributed by atoms with Crippen molar-refractivity contribution in [2.75, 3.05) is 19.7 Å². The van der Waals surface area contributed by atoms with Crippen molar-refractivity contribution in [3.05, 3.63) is 0 Å². The number of ether oxygens (including phenoxy) is 2. The van der Waals surface area contributed by atoms with Crippen LogP contribution in [0.25, 0.3) is 0 Å². The average molecular weight is 285 g/mol. The quantitative estimate of drug-likeness (QED) is 0.745. The highest BCUT2D eigenvalue weighted by molar-refractivity contribution is 5.79. The summed E-state index contributed by atoms with van der Waals surface area (Å²) in [6.07, 6.45) is 1.94. The van der Waals surface area contributed by atoms with Crippen molar-refractivity contribution in [2.45, 2.75) is 59.5 Å². The average Bonchev–Trinajstić information content (AvgIpc) is 2.73. The van der Waals surface area contributed by atoms with Crippen LogP contribution >= 0.6 is 0 Å². The van der Waals surface area contributed by atoms with Gasteiger partial charge in [0.1, 0.15) is 5.60 Å². The molecule has 1 fully saturated rings. The Morgan fingerprint density at radius 1 is 1.25 bits per heavy atom. The number of amides is 1. The monoisotopic (exact) mass is 285 g/mol. The summed E-state index contributed by atoms with van der Waals surface area (Å²) in [7, 11) is 0. The molecule has 1 unspecified atom stereocenters. The molecular weight excluding hydrogens is 258 g/mol. The molecule has 5 heteroatoms. The smallest absolute Gasteiger partial charge is 0.410 e. The third-order valence-electron chi connectivity index (χ3n) is 3.44. The van der Waals surface area contributed by atoms with Gasteiger partial charge in [-0.3, -0.25) is 4.79 Å². The van der Waals surface area contributed by atoms with Crippen LogP contribution in [0.5, 0.6) is 0 Å². The minimum absolute atomic E-state index is 0.187. The van der Waals surface area contributed by atoms with Gasteiger partial charge in [-0.1, -0.05) is 13.3 Å². The molecule has 0 aromatic carbocycles. The van der Waals surface area contributed by atoms with Gasteiger partial charge in [0.15, 0.2) is 0 Å². The first-order chi connectivity index (χ1) is 9.24. The molecule has 1 aliphatic rings. The Labute approximate surface area is 121 Å². The molecule has 1 heterocycles. The lowest BCUT2D eigenvalue weighted by Crippen LogP contribution is -2.40. The molecule has 1 rings (SSSR count). The Bertz CT molecular complexity index is 361. The summed E-state index contributed by atoms with van der Waals surface area (Å²) in [5.41, 5.74) is -1.07. The number of carbonyl (C=O) groups is 2. The van der Waals surface area contributed by atoms with E-state index in [9.17, 15) is 9.59 Å². The Morgan fingerprint density at radius 3 is 2.40 bits per heavy atom. The van der Waals surface area contributed by atoms with E-state index in [-0.39, 0.29) is 12.1 Å². The molecule has 0 spiro atoms. The first-order valence-electron chi connectivity index (χ1n) is 7.39. The van der Waals surface area contributed by atoms with Gasteiger partial charge in [-0.25, -0.2) is 4.79 Å². The number of nitrogens with zero attached hydrogens (tertiary/aromatic N) is 1. The summed E-state index contributed by atoms with van der Waals surface area (Å²) in [4.78, 5) is 25.9. The Morgan fingerprint density at radius 2 is 1.90 bits per heavy atom. The zero-order valence-electron chi connectivity index (χ0n) is 13.3. The normalized spacial score (nSPS) is 22.8. The van der Waals surface area contributed by atoms with Crippen molar-refractivity contribution < 1.29 is 19.1 Å². The predicted molar refractivity (Wildman–Crippen MR) is 76.4 cm³/mol. The second-order valence-electron chi connectivity index (χ2n) is 6.40. The molecule has 1 amide bonds. The molecule has 0 N–H and O–H groups in total. The van der Waals surface area contributed by atoms with E-state index in [0.717, 1.165) is 12.8 Å². The number of rotatable bonds is 4. The molecule has 0 radical (unpaired) electrons. The first-order valence-corrected chi connectivity index (χ1v) is 7.39. The molecule has 0 aromatic rings. The van der Waals surface area contributed by atoms with E-state index in [4.69, 9.17) is 9.47 Å². The molecule has 20 heavy (non-hydrogen) atoms. The summed E-state index contributed by atoms with van der Waals surface area (Å²) < 4.78 is 10.6. The van der Waals surface area contributed by atoms with Crippen LogP contribution in [0, 0.1) is 5.41 Å². The van der Waals surface area contributed by atoms with E-state index >= 15 is 0 Å². The van der Waals surface area contributed by atoms with E-state index in [1.807, 2.05) is 27.7 Å². The minimum atomic E-state index is -0.554. The first kappa shape index (κ1) is 16.8. The minimum Gasteiger partial charge on any atom is -0.466 e. The predicted octanol–water partition coefficient (Wildman–Crippen LogP) is 2.98. The molecule has 1 saturated heterocycles. The second kappa shape index (κ2) is 6.46. The molecule has 5 nitrogen and oxygen atoms in total. The number of hydrogen-bond donors (Lipinski definition) is 0. The zero-order valence-corrected chi connectivity index (χ0v) is 13.3. The van der Waals surface area contributed by atoms with Crippen molar-refractivity contribution in [1.29, 1.82) is 0 Å². The molecule has 0 saturated carbocycles. The lowest BCUT2D eigenvalue weighted by molar-refractivity contribution is -0.155. The highest BCUT2D eigenvalue weighted by atomic mass is 16.6. The fourth-order valence-corrected chi connectivity index (χ4v) is 2.59. The molecule has 0 aliphatic carbocycles. The van der Waals surface area contributed by atoms with Gasteiger partial charge in [0.2, 0.25) is 0 Å². The van der Waals surface area contributed by atoms with E-state index in [2.05, 4.69) is 0 Å². The second-order valence-corrected chi connectivity index (χ2v) is 6.40. The Kier molecular flexibility index (Phi) is 5.42. The van der Waals surface area contributed by atoms with Crippen LogP contribution in [-0.4, -0.2) is 42.3 Å². The summed E-state index contributed by atoms with van der Waals surface area (Å²) in [5.74, 6) is -0.187. The van der Waals surface area contributed by atoms with E-state index in [1.54, 1.807) is 11.8 Å². The van der Waals surface area contributed by atoms with Gasteiger partial charge < -0.3 is 14.4 Å². The van der Waals surface area contributed by atoms with Crippen LogP contribution in [0.1, 0.15) is 53.9 Å². The largest absolute Gasteiger partial charge is 0.466 e. The molecule has 0 aromatic heterocycles. The van der Waals surface area contributed by atoms with Crippen LogP contribution in [0.4, 0.5) is 4.79 Å². The molecular formula is C15H27NO4. The maximum absolute atomic E-state index is 12.2. The lowest BCUT2D eigenvalue weighted by atomic mass is 9.82. The summed E-state index contributed by atoms with van der Waals surface area (Å²) >= 11 is 0. The third-order valence-corrected chi connectivity index (χ3v) is 3.44. The zero-order chi connectivity index (χ0) is 15.4. The van der Waals surface area contributed by atoms with Crippen molar-refractivity contribution in [3.63, 3.8) is 0 Å². The number of hydrogen-bond acceptors (Lipinski definition) is 4. The van der Waals surface area contributed by atoms with Crippen LogP contribution in [0.2, 0.25) is 0 Å². The van der Waals surface area contributed by atoms with Crippen LogP contribution in [0.15, 0.2) is 0 Å². The van der Waals surface area contributed by atoms with Crippen molar-refractivity contribution >= 4 is 12.1 Å².